The second-order valence-corrected chi connectivity index (χ2v) is 11.2. The summed E-state index contributed by atoms with van der Waals surface area (Å²) in [5.74, 6) is 0.330. The van der Waals surface area contributed by atoms with Crippen molar-refractivity contribution in [1.29, 1.82) is 0 Å². The molecule has 2 rings (SSSR count). The van der Waals surface area contributed by atoms with Gasteiger partial charge in [0.1, 0.15) is 11.8 Å². The molecule has 0 saturated carbocycles. The van der Waals surface area contributed by atoms with Crippen LogP contribution in [0.4, 0.5) is 5.69 Å². The number of para-hydroxylation sites is 1. The number of aryl methyl sites for hydroxylation is 1. The van der Waals surface area contributed by atoms with Crippen LogP contribution in [0.5, 0.6) is 5.75 Å². The summed E-state index contributed by atoms with van der Waals surface area (Å²) in [6, 6.07) is 14.0. The van der Waals surface area contributed by atoms with Crippen molar-refractivity contribution in [2.75, 3.05) is 24.2 Å². The summed E-state index contributed by atoms with van der Waals surface area (Å²) >= 11 is 0. The van der Waals surface area contributed by atoms with Gasteiger partial charge in [-0.3, -0.25) is 13.9 Å². The Balaban J connectivity index is 2.24. The van der Waals surface area contributed by atoms with Crippen molar-refractivity contribution in [1.82, 2.24) is 10.2 Å². The van der Waals surface area contributed by atoms with Crippen molar-refractivity contribution in [2.24, 2.45) is 0 Å². The lowest BCUT2D eigenvalue weighted by molar-refractivity contribution is -0.141. The number of rotatable bonds is 14. The molecule has 0 heterocycles. The number of benzene rings is 2. The number of nitrogens with zero attached hydrogens (tertiary/aromatic N) is 2. The number of hydrogen-bond donors (Lipinski definition) is 1. The molecule has 2 aromatic rings. The summed E-state index contributed by atoms with van der Waals surface area (Å²) < 4.78 is 31.6. The maximum absolute atomic E-state index is 13.5. The number of carbonyl (C=O) groups excluding carboxylic acids is 2. The second-order valence-electron chi connectivity index (χ2n) is 9.34. The maximum atomic E-state index is 13.5. The summed E-state index contributed by atoms with van der Waals surface area (Å²) in [6.07, 6.45) is 2.85. The summed E-state index contributed by atoms with van der Waals surface area (Å²) in [4.78, 5) is 28.2. The van der Waals surface area contributed by atoms with Gasteiger partial charge in [0, 0.05) is 25.6 Å². The summed E-state index contributed by atoms with van der Waals surface area (Å²) in [7, 11) is -1.94. The molecular weight excluding hydrogens is 490 g/mol. The summed E-state index contributed by atoms with van der Waals surface area (Å²) in [6.45, 7) is 8.11. The maximum Gasteiger partial charge on any atom is 0.243 e. The van der Waals surface area contributed by atoms with Gasteiger partial charge in [-0.25, -0.2) is 8.42 Å². The van der Waals surface area contributed by atoms with E-state index in [1.807, 2.05) is 64.1 Å². The van der Waals surface area contributed by atoms with Crippen LogP contribution >= 0.6 is 0 Å². The minimum atomic E-state index is -3.53. The molecule has 2 aromatic carbocycles. The van der Waals surface area contributed by atoms with E-state index in [2.05, 4.69) is 5.32 Å². The van der Waals surface area contributed by atoms with Crippen molar-refractivity contribution < 1.29 is 22.7 Å². The minimum Gasteiger partial charge on any atom is -0.497 e. The first-order valence-corrected chi connectivity index (χ1v) is 14.6. The van der Waals surface area contributed by atoms with Crippen LogP contribution in [0.15, 0.2) is 48.5 Å². The number of sulfonamides is 1. The predicted molar refractivity (Wildman–Crippen MR) is 148 cm³/mol. The molecular formula is C28H41N3O5S. The van der Waals surface area contributed by atoms with Gasteiger partial charge in [-0.1, -0.05) is 44.2 Å². The zero-order valence-corrected chi connectivity index (χ0v) is 23.7. The number of methoxy groups -OCH3 is 1. The summed E-state index contributed by atoms with van der Waals surface area (Å²) in [5, 5.41) is 3.00. The molecule has 0 spiro atoms. The van der Waals surface area contributed by atoms with E-state index >= 15 is 0 Å². The normalized spacial score (nSPS) is 12.9. The van der Waals surface area contributed by atoms with E-state index in [-0.39, 0.29) is 37.4 Å². The Bertz CT molecular complexity index is 1130. The molecule has 204 valence electrons. The zero-order valence-electron chi connectivity index (χ0n) is 22.9. The summed E-state index contributed by atoms with van der Waals surface area (Å²) in [5.41, 5.74) is 2.32. The first kappa shape index (κ1) is 30.2. The van der Waals surface area contributed by atoms with E-state index in [0.29, 0.717) is 24.3 Å². The standard InChI is InChI=1S/C28H41N3O5S/c1-7-22(4)29-28(33)25(8-2)30(20-23-15-17-24(36-5)18-16-23)27(32)14-11-19-31(37(6,34)35)26-13-10-9-12-21(26)3/h9-10,12-13,15-18,22,25H,7-8,11,14,19-20H2,1-6H3,(H,29,33)/t22-,25-/m1/s1. The molecule has 0 fully saturated rings. The quantitative estimate of drug-likeness (QED) is 0.393. The average Bonchev–Trinajstić information content (AvgIpc) is 2.86. The highest BCUT2D eigenvalue weighted by Crippen LogP contribution is 2.23. The van der Waals surface area contributed by atoms with E-state index in [0.717, 1.165) is 17.5 Å². The van der Waals surface area contributed by atoms with E-state index in [9.17, 15) is 18.0 Å². The fourth-order valence-corrected chi connectivity index (χ4v) is 5.14. The van der Waals surface area contributed by atoms with E-state index in [1.54, 1.807) is 24.1 Å². The van der Waals surface area contributed by atoms with Crippen LogP contribution in [0.3, 0.4) is 0 Å². The highest BCUT2D eigenvalue weighted by molar-refractivity contribution is 7.92. The Morgan fingerprint density at radius 1 is 1.03 bits per heavy atom. The Morgan fingerprint density at radius 2 is 1.68 bits per heavy atom. The molecule has 2 amide bonds. The SMILES string of the molecule is CC[C@@H](C)NC(=O)[C@@H](CC)N(Cc1ccc(OC)cc1)C(=O)CCCN(c1ccccc1C)S(C)(=O)=O. The number of ether oxygens (including phenoxy) is 1. The highest BCUT2D eigenvalue weighted by Gasteiger charge is 2.29. The van der Waals surface area contributed by atoms with Crippen LogP contribution in [0, 0.1) is 6.92 Å². The topological polar surface area (TPSA) is 96.0 Å². The third-order valence-electron chi connectivity index (χ3n) is 6.44. The van der Waals surface area contributed by atoms with Crippen LogP contribution in [-0.4, -0.2) is 57.1 Å². The van der Waals surface area contributed by atoms with E-state index < -0.39 is 16.1 Å². The molecule has 0 radical (unpaired) electrons. The van der Waals surface area contributed by atoms with Crippen LogP contribution in [0.2, 0.25) is 0 Å². The first-order valence-electron chi connectivity index (χ1n) is 12.8. The monoisotopic (exact) mass is 531 g/mol. The number of carbonyl (C=O) groups is 2. The molecule has 2 atom stereocenters. The van der Waals surface area contributed by atoms with Crippen molar-refractivity contribution >= 4 is 27.5 Å². The van der Waals surface area contributed by atoms with Gasteiger partial charge in [-0.2, -0.15) is 0 Å². The highest BCUT2D eigenvalue weighted by atomic mass is 32.2. The van der Waals surface area contributed by atoms with Crippen LogP contribution in [0.25, 0.3) is 0 Å². The van der Waals surface area contributed by atoms with Gasteiger partial charge in [0.2, 0.25) is 21.8 Å². The fourth-order valence-electron chi connectivity index (χ4n) is 4.11. The van der Waals surface area contributed by atoms with Gasteiger partial charge in [0.15, 0.2) is 0 Å². The van der Waals surface area contributed by atoms with Crippen molar-refractivity contribution in [3.8, 4) is 5.75 Å². The number of hydrogen-bond acceptors (Lipinski definition) is 5. The van der Waals surface area contributed by atoms with E-state index in [4.69, 9.17) is 4.74 Å². The van der Waals surface area contributed by atoms with Gasteiger partial charge in [0.25, 0.3) is 0 Å². The zero-order chi connectivity index (χ0) is 27.6. The average molecular weight is 532 g/mol. The fraction of sp³-hybridized carbons (Fsp3) is 0.500. The molecule has 0 aromatic heterocycles. The third-order valence-corrected chi connectivity index (χ3v) is 7.62. The van der Waals surface area contributed by atoms with Crippen molar-refractivity contribution in [3.63, 3.8) is 0 Å². The second kappa shape index (κ2) is 14.0. The number of amides is 2. The first-order chi connectivity index (χ1) is 17.5. The van der Waals surface area contributed by atoms with Gasteiger partial charge in [-0.05, 0) is 62.4 Å². The third kappa shape index (κ3) is 8.77. The van der Waals surface area contributed by atoms with Gasteiger partial charge < -0.3 is 15.0 Å². The molecule has 0 aliphatic carbocycles. The Kier molecular flexibility index (Phi) is 11.4. The van der Waals surface area contributed by atoms with Gasteiger partial charge in [-0.15, -0.1) is 0 Å². The molecule has 0 saturated heterocycles. The Morgan fingerprint density at radius 3 is 2.22 bits per heavy atom. The molecule has 0 bridgehead atoms. The van der Waals surface area contributed by atoms with Crippen molar-refractivity contribution in [3.05, 3.63) is 59.7 Å². The number of anilines is 1. The predicted octanol–water partition coefficient (Wildman–Crippen LogP) is 4.27. The van der Waals surface area contributed by atoms with Gasteiger partial charge in [0.05, 0.1) is 19.1 Å². The van der Waals surface area contributed by atoms with Crippen LogP contribution in [-0.2, 0) is 26.2 Å². The lowest BCUT2D eigenvalue weighted by atomic mass is 10.1. The molecule has 1 N–H and O–H groups in total. The largest absolute Gasteiger partial charge is 0.497 e. The molecule has 0 unspecified atom stereocenters. The molecule has 0 aliphatic heterocycles. The van der Waals surface area contributed by atoms with Gasteiger partial charge >= 0.3 is 0 Å². The molecule has 0 aliphatic rings. The number of nitrogens with one attached hydrogen (secondary N) is 1. The van der Waals surface area contributed by atoms with Crippen LogP contribution in [0.1, 0.15) is 57.6 Å². The lowest BCUT2D eigenvalue weighted by Gasteiger charge is -2.32. The molecule has 9 heteroatoms. The Hall–Kier alpha value is -3.07. The lowest BCUT2D eigenvalue weighted by Crippen LogP contribution is -2.50. The van der Waals surface area contributed by atoms with E-state index in [1.165, 1.54) is 10.6 Å². The molecule has 8 nitrogen and oxygen atoms in total. The smallest absolute Gasteiger partial charge is 0.243 e. The minimum absolute atomic E-state index is 0.00285. The molecule has 37 heavy (non-hydrogen) atoms. The Labute approximate surface area is 222 Å². The van der Waals surface area contributed by atoms with Crippen molar-refractivity contribution in [2.45, 2.75) is 72.0 Å². The van der Waals surface area contributed by atoms with Crippen LogP contribution < -0.4 is 14.4 Å².